The maximum atomic E-state index is 10.4. The van der Waals surface area contributed by atoms with Crippen molar-refractivity contribution in [2.24, 2.45) is 5.92 Å². The van der Waals surface area contributed by atoms with Crippen molar-refractivity contribution < 1.29 is 14.6 Å². The third-order valence-corrected chi connectivity index (χ3v) is 3.04. The molecule has 0 aliphatic heterocycles. The van der Waals surface area contributed by atoms with Gasteiger partial charge >= 0.3 is 0 Å². The van der Waals surface area contributed by atoms with Crippen molar-refractivity contribution in [1.82, 2.24) is 0 Å². The second-order valence-corrected chi connectivity index (χ2v) is 4.29. The van der Waals surface area contributed by atoms with Gasteiger partial charge in [-0.1, -0.05) is 26.3 Å². The molecular weight excluding hydrogens is 216 g/mol. The molecule has 3 nitrogen and oxygen atoms in total. The first kappa shape index (κ1) is 13.8. The van der Waals surface area contributed by atoms with Crippen LogP contribution in [0.5, 0.6) is 11.5 Å². The van der Waals surface area contributed by atoms with Crippen molar-refractivity contribution in [3.63, 3.8) is 0 Å². The molecule has 0 radical (unpaired) electrons. The molecule has 3 heteroatoms. The average molecular weight is 238 g/mol. The smallest absolute Gasteiger partial charge is 0.128 e. The van der Waals surface area contributed by atoms with E-state index in [9.17, 15) is 5.11 Å². The van der Waals surface area contributed by atoms with Crippen LogP contribution in [0.4, 0.5) is 0 Å². The van der Waals surface area contributed by atoms with Gasteiger partial charge in [0, 0.05) is 0 Å². The van der Waals surface area contributed by atoms with E-state index in [2.05, 4.69) is 6.92 Å². The van der Waals surface area contributed by atoms with Crippen LogP contribution in [0.3, 0.4) is 0 Å². The van der Waals surface area contributed by atoms with Crippen LogP contribution in [-0.2, 0) is 0 Å². The van der Waals surface area contributed by atoms with E-state index in [1.165, 1.54) is 0 Å². The molecular formula is C14H22O3. The minimum Gasteiger partial charge on any atom is -0.496 e. The summed E-state index contributed by atoms with van der Waals surface area (Å²) in [4.78, 5) is 0. The van der Waals surface area contributed by atoms with Gasteiger partial charge in [-0.15, -0.1) is 0 Å². The summed E-state index contributed by atoms with van der Waals surface area (Å²) in [5.74, 6) is 1.55. The molecule has 0 aliphatic carbocycles. The number of methoxy groups -OCH3 is 2. The number of aliphatic hydroxyl groups is 1. The van der Waals surface area contributed by atoms with Gasteiger partial charge in [-0.2, -0.15) is 0 Å². The summed E-state index contributed by atoms with van der Waals surface area (Å²) in [6, 6.07) is 5.55. The Morgan fingerprint density at radius 2 is 1.71 bits per heavy atom. The van der Waals surface area contributed by atoms with Crippen LogP contribution in [0, 0.1) is 5.92 Å². The highest BCUT2D eigenvalue weighted by Crippen LogP contribution is 2.38. The number of hydrogen-bond donors (Lipinski definition) is 1. The van der Waals surface area contributed by atoms with Crippen molar-refractivity contribution in [2.45, 2.75) is 32.8 Å². The summed E-state index contributed by atoms with van der Waals surface area (Å²) >= 11 is 0. The van der Waals surface area contributed by atoms with Crippen LogP contribution in [-0.4, -0.2) is 19.3 Å². The van der Waals surface area contributed by atoms with Crippen LogP contribution >= 0.6 is 0 Å². The monoisotopic (exact) mass is 238 g/mol. The summed E-state index contributed by atoms with van der Waals surface area (Å²) in [6.07, 6.45) is 1.47. The van der Waals surface area contributed by atoms with Crippen LogP contribution in [0.25, 0.3) is 0 Å². The van der Waals surface area contributed by atoms with Crippen molar-refractivity contribution in [2.75, 3.05) is 14.2 Å². The van der Waals surface area contributed by atoms with Gasteiger partial charge in [0.05, 0.1) is 25.9 Å². The lowest BCUT2D eigenvalue weighted by Gasteiger charge is -2.22. The SMILES string of the molecule is CCCC(C)C(O)c1c(OC)cccc1OC. The van der Waals surface area contributed by atoms with Crippen molar-refractivity contribution in [3.05, 3.63) is 23.8 Å². The quantitative estimate of drug-likeness (QED) is 0.827. The van der Waals surface area contributed by atoms with Crippen molar-refractivity contribution in [1.29, 1.82) is 0 Å². The average Bonchev–Trinajstić information content (AvgIpc) is 2.37. The van der Waals surface area contributed by atoms with Gasteiger partial charge in [0.25, 0.3) is 0 Å². The molecule has 2 unspecified atom stereocenters. The fourth-order valence-electron chi connectivity index (χ4n) is 2.07. The molecule has 2 atom stereocenters. The topological polar surface area (TPSA) is 38.7 Å². The summed E-state index contributed by atoms with van der Waals surface area (Å²) < 4.78 is 10.6. The largest absolute Gasteiger partial charge is 0.496 e. The van der Waals surface area contributed by atoms with Gasteiger partial charge < -0.3 is 14.6 Å². The predicted octanol–water partition coefficient (Wildman–Crippen LogP) is 3.17. The molecule has 0 amide bonds. The molecule has 17 heavy (non-hydrogen) atoms. The molecule has 0 bridgehead atoms. The Morgan fingerprint density at radius 1 is 1.18 bits per heavy atom. The van der Waals surface area contributed by atoms with Crippen LogP contribution < -0.4 is 9.47 Å². The first-order valence-corrected chi connectivity index (χ1v) is 6.04. The number of rotatable bonds is 6. The van der Waals surface area contributed by atoms with Crippen LogP contribution in [0.1, 0.15) is 38.4 Å². The molecule has 1 aromatic carbocycles. The summed E-state index contributed by atoms with van der Waals surface area (Å²) in [5.41, 5.74) is 0.749. The molecule has 0 spiro atoms. The van der Waals surface area contributed by atoms with Gasteiger partial charge in [0.1, 0.15) is 11.5 Å². The molecule has 0 fully saturated rings. The molecule has 1 aromatic rings. The predicted molar refractivity (Wildman–Crippen MR) is 68.6 cm³/mol. The van der Waals surface area contributed by atoms with E-state index in [1.807, 2.05) is 25.1 Å². The number of benzene rings is 1. The Balaban J connectivity index is 3.08. The number of aliphatic hydroxyl groups excluding tert-OH is 1. The van der Waals surface area contributed by atoms with E-state index < -0.39 is 6.10 Å². The highest BCUT2D eigenvalue weighted by molar-refractivity contribution is 5.46. The van der Waals surface area contributed by atoms with Crippen molar-refractivity contribution in [3.8, 4) is 11.5 Å². The van der Waals surface area contributed by atoms with Crippen molar-refractivity contribution >= 4 is 0 Å². The fraction of sp³-hybridized carbons (Fsp3) is 0.571. The molecule has 0 aliphatic rings. The van der Waals surface area contributed by atoms with Gasteiger partial charge in [0.15, 0.2) is 0 Å². The van der Waals surface area contributed by atoms with Gasteiger partial charge in [0.2, 0.25) is 0 Å². The lowest BCUT2D eigenvalue weighted by molar-refractivity contribution is 0.106. The molecule has 0 saturated carbocycles. The second kappa shape index (κ2) is 6.50. The number of ether oxygens (including phenoxy) is 2. The molecule has 0 saturated heterocycles. The Labute approximate surface area is 103 Å². The third kappa shape index (κ3) is 3.13. The van der Waals surface area contributed by atoms with Crippen LogP contribution in [0.15, 0.2) is 18.2 Å². The van der Waals surface area contributed by atoms with E-state index in [0.717, 1.165) is 18.4 Å². The highest BCUT2D eigenvalue weighted by Gasteiger charge is 2.23. The fourth-order valence-corrected chi connectivity index (χ4v) is 2.07. The molecule has 96 valence electrons. The van der Waals surface area contributed by atoms with E-state index in [4.69, 9.17) is 9.47 Å². The zero-order valence-electron chi connectivity index (χ0n) is 11.1. The molecule has 1 rings (SSSR count). The lowest BCUT2D eigenvalue weighted by Crippen LogP contribution is -2.11. The Morgan fingerprint density at radius 3 is 2.12 bits per heavy atom. The Kier molecular flexibility index (Phi) is 5.29. The summed E-state index contributed by atoms with van der Waals surface area (Å²) in [6.45, 7) is 4.16. The summed E-state index contributed by atoms with van der Waals surface area (Å²) in [5, 5.41) is 10.4. The Bertz CT molecular complexity index is 327. The minimum absolute atomic E-state index is 0.185. The molecule has 0 heterocycles. The molecule has 1 N–H and O–H groups in total. The number of hydrogen-bond acceptors (Lipinski definition) is 3. The molecule has 0 aromatic heterocycles. The normalized spacial score (nSPS) is 14.2. The van der Waals surface area contributed by atoms with Gasteiger partial charge in [-0.25, -0.2) is 0 Å². The first-order chi connectivity index (χ1) is 8.15. The standard InChI is InChI=1S/C14H22O3/c1-5-7-10(2)14(15)13-11(16-3)8-6-9-12(13)17-4/h6,8-10,14-15H,5,7H2,1-4H3. The zero-order chi connectivity index (χ0) is 12.8. The third-order valence-electron chi connectivity index (χ3n) is 3.04. The van der Waals surface area contributed by atoms with Gasteiger partial charge in [-0.3, -0.25) is 0 Å². The van der Waals surface area contributed by atoms with E-state index in [-0.39, 0.29) is 5.92 Å². The summed E-state index contributed by atoms with van der Waals surface area (Å²) in [7, 11) is 3.21. The maximum absolute atomic E-state index is 10.4. The minimum atomic E-state index is -0.555. The van der Waals surface area contributed by atoms with Crippen LogP contribution in [0.2, 0.25) is 0 Å². The zero-order valence-corrected chi connectivity index (χ0v) is 11.1. The first-order valence-electron chi connectivity index (χ1n) is 6.04. The maximum Gasteiger partial charge on any atom is 0.128 e. The van der Waals surface area contributed by atoms with E-state index in [1.54, 1.807) is 14.2 Å². The van der Waals surface area contributed by atoms with E-state index >= 15 is 0 Å². The van der Waals surface area contributed by atoms with Gasteiger partial charge in [-0.05, 0) is 24.5 Å². The second-order valence-electron chi connectivity index (χ2n) is 4.29. The Hall–Kier alpha value is -1.22. The van der Waals surface area contributed by atoms with E-state index in [0.29, 0.717) is 11.5 Å². The lowest BCUT2D eigenvalue weighted by atomic mass is 9.92. The highest BCUT2D eigenvalue weighted by atomic mass is 16.5.